The van der Waals surface area contributed by atoms with Crippen LogP contribution in [0.5, 0.6) is 5.75 Å². The van der Waals surface area contributed by atoms with Crippen molar-refractivity contribution in [3.63, 3.8) is 0 Å². The van der Waals surface area contributed by atoms with Crippen LogP contribution in [-0.2, 0) is 4.79 Å². The number of alkyl halides is 3. The first-order valence-electron chi connectivity index (χ1n) is 5.05. The number of hydrogen-bond donors (Lipinski definition) is 1. The van der Waals surface area contributed by atoms with Gasteiger partial charge in [-0.25, -0.2) is 0 Å². The average molecular weight is 279 g/mol. The molecule has 0 fully saturated rings. The van der Waals surface area contributed by atoms with Crippen LogP contribution in [0.25, 0.3) is 0 Å². The van der Waals surface area contributed by atoms with E-state index in [1.165, 1.54) is 11.8 Å². The fourth-order valence-electron chi connectivity index (χ4n) is 1.11. The van der Waals surface area contributed by atoms with Crippen LogP contribution in [0.2, 0.25) is 0 Å². The van der Waals surface area contributed by atoms with Gasteiger partial charge in [0, 0.05) is 17.2 Å². The van der Waals surface area contributed by atoms with Gasteiger partial charge in [-0.15, -0.1) is 11.8 Å². The van der Waals surface area contributed by atoms with Crippen molar-refractivity contribution in [1.29, 1.82) is 0 Å². The fourth-order valence-corrected chi connectivity index (χ4v) is 1.87. The number of ether oxygens (including phenoxy) is 1. The van der Waals surface area contributed by atoms with E-state index in [0.717, 1.165) is 4.90 Å². The number of benzene rings is 1. The lowest BCUT2D eigenvalue weighted by atomic mass is 10.3. The summed E-state index contributed by atoms with van der Waals surface area (Å²) < 4.78 is 40.5. The van der Waals surface area contributed by atoms with E-state index in [9.17, 15) is 18.0 Å². The van der Waals surface area contributed by atoms with Gasteiger partial charge in [-0.1, -0.05) is 0 Å². The Hall–Kier alpha value is -1.37. The molecule has 0 saturated heterocycles. The number of methoxy groups -OCH3 is 1. The van der Waals surface area contributed by atoms with E-state index in [1.807, 2.05) is 0 Å². The van der Waals surface area contributed by atoms with Gasteiger partial charge < -0.3 is 10.1 Å². The molecular formula is C11H12F3NO2S. The second-order valence-corrected chi connectivity index (χ2v) is 4.45. The Morgan fingerprint density at radius 2 is 1.94 bits per heavy atom. The third kappa shape index (κ3) is 4.87. The lowest BCUT2D eigenvalue weighted by Crippen LogP contribution is -2.37. The smallest absolute Gasteiger partial charge is 0.471 e. The van der Waals surface area contributed by atoms with Gasteiger partial charge in [0.1, 0.15) is 5.75 Å². The average Bonchev–Trinajstić information content (AvgIpc) is 2.34. The SMILES string of the molecule is COc1ccc(SCCNC(=O)C(F)(F)F)cc1. The third-order valence-electron chi connectivity index (χ3n) is 1.97. The quantitative estimate of drug-likeness (QED) is 0.664. The summed E-state index contributed by atoms with van der Waals surface area (Å²) in [6.07, 6.45) is -4.81. The molecule has 1 amide bonds. The van der Waals surface area contributed by atoms with Gasteiger partial charge in [0.25, 0.3) is 0 Å². The highest BCUT2D eigenvalue weighted by Crippen LogP contribution is 2.21. The van der Waals surface area contributed by atoms with Crippen LogP contribution in [-0.4, -0.2) is 31.5 Å². The van der Waals surface area contributed by atoms with Crippen LogP contribution >= 0.6 is 11.8 Å². The van der Waals surface area contributed by atoms with E-state index >= 15 is 0 Å². The molecule has 1 N–H and O–H groups in total. The van der Waals surface area contributed by atoms with Crippen LogP contribution in [0, 0.1) is 0 Å². The monoisotopic (exact) mass is 279 g/mol. The van der Waals surface area contributed by atoms with Crippen molar-refractivity contribution in [3.05, 3.63) is 24.3 Å². The van der Waals surface area contributed by atoms with Crippen molar-refractivity contribution < 1.29 is 22.7 Å². The fraction of sp³-hybridized carbons (Fsp3) is 0.364. The molecule has 0 heterocycles. The maximum atomic E-state index is 11.9. The summed E-state index contributed by atoms with van der Waals surface area (Å²) in [7, 11) is 1.55. The molecule has 18 heavy (non-hydrogen) atoms. The van der Waals surface area contributed by atoms with Crippen LogP contribution in [0.1, 0.15) is 0 Å². The van der Waals surface area contributed by atoms with E-state index in [1.54, 1.807) is 36.7 Å². The molecule has 0 atom stereocenters. The Bertz CT molecular complexity index is 392. The maximum absolute atomic E-state index is 11.9. The number of halogens is 3. The predicted molar refractivity (Wildman–Crippen MR) is 62.8 cm³/mol. The molecule has 0 aliphatic heterocycles. The molecule has 1 aromatic rings. The lowest BCUT2D eigenvalue weighted by molar-refractivity contribution is -0.173. The van der Waals surface area contributed by atoms with Gasteiger partial charge in [-0.05, 0) is 24.3 Å². The molecular weight excluding hydrogens is 267 g/mol. The van der Waals surface area contributed by atoms with Gasteiger partial charge >= 0.3 is 12.1 Å². The molecule has 3 nitrogen and oxygen atoms in total. The minimum atomic E-state index is -4.81. The van der Waals surface area contributed by atoms with Gasteiger partial charge in [0.15, 0.2) is 0 Å². The van der Waals surface area contributed by atoms with E-state index in [0.29, 0.717) is 11.5 Å². The zero-order chi connectivity index (χ0) is 13.6. The van der Waals surface area contributed by atoms with E-state index < -0.39 is 12.1 Å². The molecule has 0 aliphatic carbocycles. The Morgan fingerprint density at radius 3 is 2.44 bits per heavy atom. The summed E-state index contributed by atoms with van der Waals surface area (Å²) >= 11 is 1.35. The number of nitrogens with one attached hydrogen (secondary N) is 1. The van der Waals surface area contributed by atoms with Crippen LogP contribution in [0.4, 0.5) is 13.2 Å². The molecule has 0 saturated carbocycles. The molecule has 1 aromatic carbocycles. The number of carbonyl (C=O) groups excluding carboxylic acids is 1. The molecule has 0 bridgehead atoms. The summed E-state index contributed by atoms with van der Waals surface area (Å²) in [5, 5.41) is 1.81. The summed E-state index contributed by atoms with van der Waals surface area (Å²) in [6, 6.07) is 7.12. The van der Waals surface area contributed by atoms with Gasteiger partial charge in [-0.2, -0.15) is 13.2 Å². The highest BCUT2D eigenvalue weighted by molar-refractivity contribution is 7.99. The second kappa shape index (κ2) is 6.53. The van der Waals surface area contributed by atoms with Crippen LogP contribution in [0.15, 0.2) is 29.2 Å². The van der Waals surface area contributed by atoms with E-state index in [2.05, 4.69) is 0 Å². The third-order valence-corrected chi connectivity index (χ3v) is 2.99. The molecule has 1 rings (SSSR count). The van der Waals surface area contributed by atoms with Crippen molar-refractivity contribution >= 4 is 17.7 Å². The van der Waals surface area contributed by atoms with Crippen LogP contribution < -0.4 is 10.1 Å². The highest BCUT2D eigenvalue weighted by atomic mass is 32.2. The number of carbonyl (C=O) groups is 1. The second-order valence-electron chi connectivity index (χ2n) is 3.28. The minimum absolute atomic E-state index is 0.0327. The predicted octanol–water partition coefficient (Wildman–Crippen LogP) is 2.47. The minimum Gasteiger partial charge on any atom is -0.497 e. The molecule has 7 heteroatoms. The Morgan fingerprint density at radius 1 is 1.33 bits per heavy atom. The first-order valence-corrected chi connectivity index (χ1v) is 6.04. The number of amides is 1. The maximum Gasteiger partial charge on any atom is 0.471 e. The first kappa shape index (κ1) is 14.7. The van der Waals surface area contributed by atoms with Crippen molar-refractivity contribution in [3.8, 4) is 5.75 Å². The molecule has 0 unspecified atom stereocenters. The summed E-state index contributed by atoms with van der Waals surface area (Å²) in [6.45, 7) is -0.0327. The lowest BCUT2D eigenvalue weighted by Gasteiger charge is -2.07. The van der Waals surface area contributed by atoms with Gasteiger partial charge in [0.2, 0.25) is 0 Å². The molecule has 0 radical (unpaired) electrons. The Labute approximate surface area is 107 Å². The van der Waals surface area contributed by atoms with E-state index in [4.69, 9.17) is 4.74 Å². The number of rotatable bonds is 5. The summed E-state index contributed by atoms with van der Waals surface area (Å²) in [4.78, 5) is 11.4. The molecule has 0 aromatic heterocycles. The van der Waals surface area contributed by atoms with Crippen molar-refractivity contribution in [1.82, 2.24) is 5.32 Å². The summed E-state index contributed by atoms with van der Waals surface area (Å²) in [5.41, 5.74) is 0. The van der Waals surface area contributed by atoms with E-state index in [-0.39, 0.29) is 6.54 Å². The molecule has 0 spiro atoms. The molecule has 100 valence electrons. The zero-order valence-electron chi connectivity index (χ0n) is 9.58. The Kier molecular flexibility index (Phi) is 5.33. The number of thioether (sulfide) groups is 1. The van der Waals surface area contributed by atoms with Crippen molar-refractivity contribution in [2.24, 2.45) is 0 Å². The number of hydrogen-bond acceptors (Lipinski definition) is 3. The summed E-state index contributed by atoms with van der Waals surface area (Å²) in [5.74, 6) is -0.823. The van der Waals surface area contributed by atoms with Gasteiger partial charge in [0.05, 0.1) is 7.11 Å². The topological polar surface area (TPSA) is 38.3 Å². The van der Waals surface area contributed by atoms with Crippen molar-refractivity contribution in [2.45, 2.75) is 11.1 Å². The standard InChI is InChI=1S/C11H12F3NO2S/c1-17-8-2-4-9(5-3-8)18-7-6-15-10(16)11(12,13)14/h2-5H,6-7H2,1H3,(H,15,16). The highest BCUT2D eigenvalue weighted by Gasteiger charge is 2.38. The largest absolute Gasteiger partial charge is 0.497 e. The first-order chi connectivity index (χ1) is 8.43. The van der Waals surface area contributed by atoms with Gasteiger partial charge in [-0.3, -0.25) is 4.79 Å². The molecule has 0 aliphatic rings. The Balaban J connectivity index is 2.27. The van der Waals surface area contributed by atoms with Crippen molar-refractivity contribution in [2.75, 3.05) is 19.4 Å². The zero-order valence-corrected chi connectivity index (χ0v) is 10.4. The van der Waals surface area contributed by atoms with Crippen LogP contribution in [0.3, 0.4) is 0 Å². The normalized spacial score (nSPS) is 11.1.